The number of urea groups is 1. The molecule has 1 rings (SSSR count). The van der Waals surface area contributed by atoms with Crippen LogP contribution in [0.25, 0.3) is 0 Å². The second kappa shape index (κ2) is 6.49. The molecule has 18 heavy (non-hydrogen) atoms. The van der Waals surface area contributed by atoms with E-state index in [1.165, 1.54) is 5.51 Å². The van der Waals surface area contributed by atoms with E-state index in [4.69, 9.17) is 10.8 Å². The lowest BCUT2D eigenvalue weighted by atomic mass is 10.1. The highest BCUT2D eigenvalue weighted by atomic mass is 32.1. The van der Waals surface area contributed by atoms with Gasteiger partial charge in [0.2, 0.25) is 11.0 Å². The SMILES string of the molecule is NC(=O)CC[C@H](NC(=O)Nc1nncs1)C(=O)O. The Kier molecular flexibility index (Phi) is 4.99. The van der Waals surface area contributed by atoms with Crippen LogP contribution in [-0.4, -0.2) is 39.3 Å². The van der Waals surface area contributed by atoms with Crippen molar-refractivity contribution in [3.05, 3.63) is 5.51 Å². The van der Waals surface area contributed by atoms with Crippen LogP contribution in [0.15, 0.2) is 5.51 Å². The van der Waals surface area contributed by atoms with Crippen molar-refractivity contribution in [3.63, 3.8) is 0 Å². The number of carboxylic acid groups (broad SMARTS) is 1. The Bertz CT molecular complexity index is 435. The van der Waals surface area contributed by atoms with Crippen molar-refractivity contribution >= 4 is 34.4 Å². The first-order chi connectivity index (χ1) is 8.49. The lowest BCUT2D eigenvalue weighted by molar-refractivity contribution is -0.139. The summed E-state index contributed by atoms with van der Waals surface area (Å²) < 4.78 is 0. The average molecular weight is 273 g/mol. The fourth-order valence-electron chi connectivity index (χ4n) is 1.06. The summed E-state index contributed by atoms with van der Waals surface area (Å²) in [6, 6.07) is -1.92. The summed E-state index contributed by atoms with van der Waals surface area (Å²) in [5.41, 5.74) is 6.32. The summed E-state index contributed by atoms with van der Waals surface area (Å²) in [6.07, 6.45) is -0.204. The number of nitrogens with one attached hydrogen (secondary N) is 2. The quantitative estimate of drug-likeness (QED) is 0.543. The number of carbonyl (C=O) groups excluding carboxylic acids is 2. The molecular formula is C8H11N5O4S. The van der Waals surface area contributed by atoms with Gasteiger partial charge in [-0.1, -0.05) is 11.3 Å². The predicted octanol–water partition coefficient (Wildman–Crippen LogP) is -0.622. The van der Waals surface area contributed by atoms with Crippen molar-refractivity contribution in [2.75, 3.05) is 5.32 Å². The first-order valence-corrected chi connectivity index (χ1v) is 5.72. The van der Waals surface area contributed by atoms with E-state index >= 15 is 0 Å². The molecule has 0 bridgehead atoms. The second-order valence-electron chi connectivity index (χ2n) is 3.24. The average Bonchev–Trinajstić information content (AvgIpc) is 2.76. The molecule has 9 nitrogen and oxygen atoms in total. The third-order valence-electron chi connectivity index (χ3n) is 1.86. The largest absolute Gasteiger partial charge is 0.480 e. The van der Waals surface area contributed by atoms with Crippen LogP contribution in [0.1, 0.15) is 12.8 Å². The van der Waals surface area contributed by atoms with Crippen molar-refractivity contribution in [3.8, 4) is 0 Å². The number of rotatable bonds is 6. The molecule has 98 valence electrons. The van der Waals surface area contributed by atoms with E-state index in [0.29, 0.717) is 0 Å². The molecule has 1 atom stereocenters. The van der Waals surface area contributed by atoms with E-state index in [-0.39, 0.29) is 18.0 Å². The predicted molar refractivity (Wildman–Crippen MR) is 61.9 cm³/mol. The van der Waals surface area contributed by atoms with Gasteiger partial charge in [-0.15, -0.1) is 10.2 Å². The van der Waals surface area contributed by atoms with Crippen molar-refractivity contribution in [1.82, 2.24) is 15.5 Å². The van der Waals surface area contributed by atoms with Crippen LogP contribution in [0.4, 0.5) is 9.93 Å². The molecule has 1 aromatic heterocycles. The summed E-state index contributed by atoms with van der Waals surface area (Å²) in [5, 5.41) is 20.6. The summed E-state index contributed by atoms with van der Waals surface area (Å²) in [6.45, 7) is 0. The molecule has 10 heteroatoms. The highest BCUT2D eigenvalue weighted by molar-refractivity contribution is 7.13. The van der Waals surface area contributed by atoms with Crippen molar-refractivity contribution < 1.29 is 19.5 Å². The van der Waals surface area contributed by atoms with Gasteiger partial charge in [0.1, 0.15) is 11.6 Å². The maximum absolute atomic E-state index is 11.4. The fourth-order valence-corrected chi connectivity index (χ4v) is 1.50. The number of aromatic nitrogens is 2. The highest BCUT2D eigenvalue weighted by Gasteiger charge is 2.20. The van der Waals surface area contributed by atoms with Crippen LogP contribution in [0.5, 0.6) is 0 Å². The number of amides is 3. The number of carboxylic acids is 1. The molecule has 0 radical (unpaired) electrons. The van der Waals surface area contributed by atoms with Gasteiger partial charge in [0.05, 0.1) is 0 Å². The lowest BCUT2D eigenvalue weighted by Gasteiger charge is -2.13. The topological polar surface area (TPSA) is 147 Å². The van der Waals surface area contributed by atoms with Gasteiger partial charge in [-0.2, -0.15) is 0 Å². The van der Waals surface area contributed by atoms with Crippen molar-refractivity contribution in [1.29, 1.82) is 0 Å². The molecule has 0 aliphatic heterocycles. The lowest BCUT2D eigenvalue weighted by Crippen LogP contribution is -2.43. The zero-order valence-electron chi connectivity index (χ0n) is 9.12. The first-order valence-electron chi connectivity index (χ1n) is 4.84. The van der Waals surface area contributed by atoms with Crippen LogP contribution >= 0.6 is 11.3 Å². The van der Waals surface area contributed by atoms with Gasteiger partial charge in [0.15, 0.2) is 0 Å². The van der Waals surface area contributed by atoms with E-state index < -0.39 is 23.9 Å². The van der Waals surface area contributed by atoms with Gasteiger partial charge in [-0.05, 0) is 6.42 Å². The molecule has 1 aromatic rings. The van der Waals surface area contributed by atoms with E-state index in [1.54, 1.807) is 0 Å². The van der Waals surface area contributed by atoms with Crippen LogP contribution in [0.3, 0.4) is 0 Å². The minimum Gasteiger partial charge on any atom is -0.480 e. The molecule has 0 aromatic carbocycles. The molecule has 0 aliphatic carbocycles. The van der Waals surface area contributed by atoms with E-state index in [0.717, 1.165) is 11.3 Å². The van der Waals surface area contributed by atoms with Gasteiger partial charge in [-0.3, -0.25) is 10.1 Å². The number of aliphatic carboxylic acids is 1. The first kappa shape index (κ1) is 13.8. The molecule has 0 unspecified atom stereocenters. The maximum Gasteiger partial charge on any atom is 0.326 e. The minimum atomic E-state index is -1.25. The Hall–Kier alpha value is -2.23. The van der Waals surface area contributed by atoms with Crippen LogP contribution in [0, 0.1) is 0 Å². The second-order valence-corrected chi connectivity index (χ2v) is 4.07. The Morgan fingerprint density at radius 3 is 2.72 bits per heavy atom. The Morgan fingerprint density at radius 2 is 2.22 bits per heavy atom. The molecule has 5 N–H and O–H groups in total. The Morgan fingerprint density at radius 1 is 1.50 bits per heavy atom. The summed E-state index contributed by atoms with van der Waals surface area (Å²) in [4.78, 5) is 32.8. The number of hydrogen-bond donors (Lipinski definition) is 4. The summed E-state index contributed by atoms with van der Waals surface area (Å²) in [5.74, 6) is -1.88. The van der Waals surface area contributed by atoms with Gasteiger partial charge < -0.3 is 16.2 Å². The highest BCUT2D eigenvalue weighted by Crippen LogP contribution is 2.07. The molecule has 0 aliphatic rings. The third-order valence-corrected chi connectivity index (χ3v) is 2.47. The smallest absolute Gasteiger partial charge is 0.326 e. The number of anilines is 1. The molecule has 0 saturated heterocycles. The van der Waals surface area contributed by atoms with Crippen molar-refractivity contribution in [2.24, 2.45) is 5.73 Å². The number of carbonyl (C=O) groups is 3. The minimum absolute atomic E-state index is 0.0752. The molecule has 1 heterocycles. The maximum atomic E-state index is 11.4. The van der Waals surface area contributed by atoms with E-state index in [2.05, 4.69) is 20.8 Å². The zero-order chi connectivity index (χ0) is 13.5. The fraction of sp³-hybridized carbons (Fsp3) is 0.375. The van der Waals surface area contributed by atoms with Crippen molar-refractivity contribution in [2.45, 2.75) is 18.9 Å². The Labute approximate surface area is 105 Å². The number of nitrogens with zero attached hydrogens (tertiary/aromatic N) is 2. The van der Waals surface area contributed by atoms with Gasteiger partial charge in [0, 0.05) is 6.42 Å². The van der Waals surface area contributed by atoms with Crippen LogP contribution < -0.4 is 16.4 Å². The number of hydrogen-bond acceptors (Lipinski definition) is 6. The van der Waals surface area contributed by atoms with Gasteiger partial charge in [0.25, 0.3) is 0 Å². The molecule has 0 fully saturated rings. The molecule has 0 spiro atoms. The normalized spacial score (nSPS) is 11.6. The van der Waals surface area contributed by atoms with Crippen LogP contribution in [0.2, 0.25) is 0 Å². The monoisotopic (exact) mass is 273 g/mol. The molecular weight excluding hydrogens is 262 g/mol. The summed E-state index contributed by atoms with van der Waals surface area (Å²) in [7, 11) is 0. The molecule has 0 saturated carbocycles. The van der Waals surface area contributed by atoms with Gasteiger partial charge in [-0.25, -0.2) is 9.59 Å². The number of primary amides is 1. The standard InChI is InChI=1S/C8H11N5O4S/c9-5(14)2-1-4(6(15)16)11-7(17)12-8-13-10-3-18-8/h3-4H,1-2H2,(H2,9,14)(H,15,16)(H2,11,12,13,17)/t4-/m0/s1. The number of nitrogens with two attached hydrogens (primary N) is 1. The Balaban J connectivity index is 2.47. The third kappa shape index (κ3) is 4.74. The molecule has 3 amide bonds. The van der Waals surface area contributed by atoms with Gasteiger partial charge >= 0.3 is 12.0 Å². The zero-order valence-corrected chi connectivity index (χ0v) is 9.94. The summed E-state index contributed by atoms with van der Waals surface area (Å²) >= 11 is 1.09. The van der Waals surface area contributed by atoms with E-state index in [9.17, 15) is 14.4 Å². The van der Waals surface area contributed by atoms with Crippen LogP contribution in [-0.2, 0) is 9.59 Å². The van der Waals surface area contributed by atoms with E-state index in [1.807, 2.05) is 0 Å².